The number of hydrogen-bond acceptors (Lipinski definition) is 5. The Morgan fingerprint density at radius 2 is 1.70 bits per heavy atom. The Balaban J connectivity index is 0. The van der Waals surface area contributed by atoms with Gasteiger partial charge in [0.1, 0.15) is 4.75 Å². The highest BCUT2D eigenvalue weighted by Gasteiger charge is 2.41. The van der Waals surface area contributed by atoms with E-state index < -0.39 is 30.9 Å². The second kappa shape index (κ2) is 7.53. The molecule has 8 nitrogen and oxygen atoms in total. The van der Waals surface area contributed by atoms with Gasteiger partial charge in [0.05, 0.1) is 5.75 Å². The molecule has 1 amide bonds. The van der Waals surface area contributed by atoms with Gasteiger partial charge in [-0.15, -0.1) is 6.58 Å². The van der Waals surface area contributed by atoms with E-state index in [4.69, 9.17) is 14.8 Å². The molecular formula is C10H19NO7S2. The first kappa shape index (κ1) is 21.1. The minimum Gasteiger partial charge on any atom is -0.366 e. The van der Waals surface area contributed by atoms with Gasteiger partial charge in [0, 0.05) is 5.57 Å². The molecule has 0 aliphatic rings. The molecule has 0 rings (SSSR count). The summed E-state index contributed by atoms with van der Waals surface area (Å²) in [6.07, 6.45) is 1.16. The van der Waals surface area contributed by atoms with Crippen molar-refractivity contribution in [2.75, 3.05) is 5.75 Å². The summed E-state index contributed by atoms with van der Waals surface area (Å²) in [5, 5.41) is 0. The van der Waals surface area contributed by atoms with E-state index in [0.717, 1.165) is 6.08 Å². The van der Waals surface area contributed by atoms with Crippen LogP contribution in [0.15, 0.2) is 24.8 Å². The zero-order valence-corrected chi connectivity index (χ0v) is 12.9. The van der Waals surface area contributed by atoms with E-state index in [1.807, 2.05) is 0 Å². The van der Waals surface area contributed by atoms with Crippen molar-refractivity contribution in [1.82, 2.24) is 0 Å². The summed E-state index contributed by atoms with van der Waals surface area (Å²) in [5.41, 5.74) is 4.57. The van der Waals surface area contributed by atoms with Crippen molar-refractivity contribution in [3.05, 3.63) is 24.8 Å². The Labute approximate surface area is 118 Å². The number of primary amides is 1. The number of carbonyl (C=O) groups is 1. The van der Waals surface area contributed by atoms with Gasteiger partial charge in [-0.3, -0.25) is 13.9 Å². The van der Waals surface area contributed by atoms with Crippen LogP contribution in [0.25, 0.3) is 0 Å². The number of rotatable bonds is 6. The van der Waals surface area contributed by atoms with Gasteiger partial charge >= 0.3 is 0 Å². The fraction of sp³-hybridized carbons (Fsp3) is 0.500. The third kappa shape index (κ3) is 6.80. The zero-order valence-electron chi connectivity index (χ0n) is 11.2. The van der Waals surface area contributed by atoms with Gasteiger partial charge in [0.15, 0.2) is 0 Å². The maximum Gasteiger partial charge on any atom is 0.274 e. The summed E-state index contributed by atoms with van der Waals surface area (Å²) in [5.74, 6) is -1.30. The molecule has 1 unspecified atom stereocenters. The largest absolute Gasteiger partial charge is 0.366 e. The van der Waals surface area contributed by atoms with Crippen molar-refractivity contribution in [1.29, 1.82) is 0 Å². The van der Waals surface area contributed by atoms with Gasteiger partial charge in [-0.1, -0.05) is 19.6 Å². The van der Waals surface area contributed by atoms with Crippen molar-refractivity contribution in [2.45, 2.75) is 25.0 Å². The molecule has 0 aromatic heterocycles. The third-order valence-corrected chi connectivity index (χ3v) is 4.84. The molecule has 0 heterocycles. The molecule has 0 saturated carbocycles. The van der Waals surface area contributed by atoms with E-state index >= 15 is 0 Å². The fourth-order valence-corrected chi connectivity index (χ4v) is 2.04. The van der Waals surface area contributed by atoms with Crippen LogP contribution in [0.4, 0.5) is 0 Å². The van der Waals surface area contributed by atoms with Crippen molar-refractivity contribution < 1.29 is 30.7 Å². The molecule has 0 fully saturated rings. The Morgan fingerprint density at radius 1 is 1.30 bits per heavy atom. The van der Waals surface area contributed by atoms with Crippen LogP contribution >= 0.6 is 0 Å². The van der Waals surface area contributed by atoms with Crippen LogP contribution in [-0.2, 0) is 25.0 Å². The van der Waals surface area contributed by atoms with Crippen LogP contribution in [0.5, 0.6) is 0 Å². The molecule has 4 N–H and O–H groups in total. The highest BCUT2D eigenvalue weighted by Crippen LogP contribution is 2.27. The van der Waals surface area contributed by atoms with E-state index in [9.17, 15) is 21.6 Å². The second-order valence-corrected chi connectivity index (χ2v) is 7.29. The second-order valence-electron chi connectivity index (χ2n) is 3.94. The lowest BCUT2D eigenvalue weighted by Crippen LogP contribution is -2.41. The first-order valence-corrected chi connectivity index (χ1v) is 8.30. The summed E-state index contributed by atoms with van der Waals surface area (Å²) in [6, 6.07) is 0. The summed E-state index contributed by atoms with van der Waals surface area (Å²) in [7, 11) is -8.15. The molecule has 0 radical (unpaired) electrons. The van der Waals surface area contributed by atoms with Crippen LogP contribution in [-0.4, -0.2) is 42.3 Å². The maximum atomic E-state index is 10.9. The van der Waals surface area contributed by atoms with Gasteiger partial charge in [-0.25, -0.2) is 0 Å². The predicted octanol–water partition coefficient (Wildman–Crippen LogP) is 0.145. The highest BCUT2D eigenvalue weighted by molar-refractivity contribution is 7.87. The highest BCUT2D eigenvalue weighted by atomic mass is 32.2. The van der Waals surface area contributed by atoms with E-state index in [0.29, 0.717) is 0 Å². The van der Waals surface area contributed by atoms with Crippen LogP contribution in [0, 0.1) is 0 Å². The lowest BCUT2D eigenvalue weighted by Gasteiger charge is -2.24. The smallest absolute Gasteiger partial charge is 0.274 e. The van der Waals surface area contributed by atoms with Crippen LogP contribution in [0.3, 0.4) is 0 Å². The van der Waals surface area contributed by atoms with Gasteiger partial charge in [0.25, 0.3) is 20.2 Å². The standard InChI is InChI=1S/C7H13NO4S.C3H6O3S/c1-4-7(3,13(10,11)12)5(2)6(8)9;1-2-3-7(4,5)6/h2,4H2,1,3H3,(H2,8,9)(H,10,11,12);2H,1,3H2,(H,4,5,6). The average molecular weight is 329 g/mol. The van der Waals surface area contributed by atoms with Gasteiger partial charge in [0.2, 0.25) is 5.91 Å². The Hall–Kier alpha value is -1.23. The number of nitrogens with two attached hydrogens (primary N) is 1. The minimum atomic E-state index is -4.36. The molecular weight excluding hydrogens is 310 g/mol. The molecule has 10 heteroatoms. The predicted molar refractivity (Wildman–Crippen MR) is 75.2 cm³/mol. The molecule has 0 aromatic carbocycles. The van der Waals surface area contributed by atoms with Crippen LogP contribution in [0.1, 0.15) is 20.3 Å². The fourth-order valence-electron chi connectivity index (χ4n) is 0.961. The Bertz CT molecular complexity index is 577. The van der Waals surface area contributed by atoms with Gasteiger partial charge in [-0.05, 0) is 13.3 Å². The van der Waals surface area contributed by atoms with Gasteiger partial charge < -0.3 is 5.73 Å². The lowest BCUT2D eigenvalue weighted by molar-refractivity contribution is -0.114. The first-order valence-electron chi connectivity index (χ1n) is 5.25. The number of amides is 1. The number of carbonyl (C=O) groups excluding carboxylic acids is 1. The summed E-state index contributed by atoms with van der Waals surface area (Å²) >= 11 is 0. The topological polar surface area (TPSA) is 152 Å². The summed E-state index contributed by atoms with van der Waals surface area (Å²) < 4.78 is 56.4. The third-order valence-electron chi connectivity index (χ3n) is 2.51. The molecule has 20 heavy (non-hydrogen) atoms. The van der Waals surface area contributed by atoms with Crippen molar-refractivity contribution >= 4 is 26.1 Å². The average Bonchev–Trinajstić information content (AvgIpc) is 2.24. The molecule has 1 atom stereocenters. The van der Waals surface area contributed by atoms with Gasteiger partial charge in [-0.2, -0.15) is 16.8 Å². The minimum absolute atomic E-state index is 0.0353. The van der Waals surface area contributed by atoms with E-state index in [2.05, 4.69) is 13.2 Å². The van der Waals surface area contributed by atoms with Crippen LogP contribution in [0.2, 0.25) is 0 Å². The Kier molecular flexibility index (Phi) is 7.93. The van der Waals surface area contributed by atoms with E-state index in [1.165, 1.54) is 13.8 Å². The molecule has 0 aromatic rings. The molecule has 0 aliphatic carbocycles. The Morgan fingerprint density at radius 3 is 1.75 bits per heavy atom. The molecule has 0 bridgehead atoms. The summed E-state index contributed by atoms with van der Waals surface area (Å²) in [6.45, 7) is 9.08. The van der Waals surface area contributed by atoms with E-state index in [-0.39, 0.29) is 17.7 Å². The molecule has 0 aliphatic heterocycles. The molecule has 0 spiro atoms. The van der Waals surface area contributed by atoms with Crippen molar-refractivity contribution in [2.24, 2.45) is 5.73 Å². The number of hydrogen-bond donors (Lipinski definition) is 3. The normalized spacial score (nSPS) is 14.4. The first-order chi connectivity index (χ1) is 8.73. The van der Waals surface area contributed by atoms with Crippen molar-refractivity contribution in [3.8, 4) is 0 Å². The van der Waals surface area contributed by atoms with E-state index in [1.54, 1.807) is 0 Å². The quantitative estimate of drug-likeness (QED) is 0.356. The molecule has 0 saturated heterocycles. The maximum absolute atomic E-state index is 10.9. The summed E-state index contributed by atoms with van der Waals surface area (Å²) in [4.78, 5) is 10.7. The monoisotopic (exact) mass is 329 g/mol. The van der Waals surface area contributed by atoms with Crippen molar-refractivity contribution in [3.63, 3.8) is 0 Å². The van der Waals surface area contributed by atoms with Crippen LogP contribution < -0.4 is 5.73 Å². The zero-order chi connectivity index (χ0) is 16.8. The molecule has 118 valence electrons. The lowest BCUT2D eigenvalue weighted by atomic mass is 9.98. The SMILES string of the molecule is C=C(C(N)=O)C(C)(CC)S(=O)(=O)O.C=CCS(=O)(=O)O.